The van der Waals surface area contributed by atoms with Gasteiger partial charge in [0.2, 0.25) is 5.91 Å². The summed E-state index contributed by atoms with van der Waals surface area (Å²) in [5.41, 5.74) is 2.17. The SMILES string of the molecule is CCCCN(C)C(=O)c1nc2ccccn2c1CN1CCC(=O)NC[C@H]1C. The maximum absolute atomic E-state index is 13.0. The lowest BCUT2D eigenvalue weighted by Crippen LogP contribution is -2.38. The molecule has 2 amide bonds. The molecular formula is C20H29N5O2. The van der Waals surface area contributed by atoms with Crippen LogP contribution >= 0.6 is 0 Å². The molecule has 1 fully saturated rings. The average molecular weight is 371 g/mol. The van der Waals surface area contributed by atoms with E-state index in [9.17, 15) is 9.59 Å². The van der Waals surface area contributed by atoms with Crippen molar-refractivity contribution in [2.75, 3.05) is 26.7 Å². The zero-order valence-corrected chi connectivity index (χ0v) is 16.4. The van der Waals surface area contributed by atoms with E-state index in [0.29, 0.717) is 31.7 Å². The molecule has 146 valence electrons. The lowest BCUT2D eigenvalue weighted by molar-refractivity contribution is -0.120. The first-order chi connectivity index (χ1) is 13.0. The molecule has 0 spiro atoms. The van der Waals surface area contributed by atoms with Crippen LogP contribution < -0.4 is 5.32 Å². The van der Waals surface area contributed by atoms with Gasteiger partial charge in [0.05, 0.1) is 5.69 Å². The van der Waals surface area contributed by atoms with Crippen LogP contribution in [0.3, 0.4) is 0 Å². The molecule has 1 saturated heterocycles. The number of nitrogens with one attached hydrogen (secondary N) is 1. The number of rotatable bonds is 6. The summed E-state index contributed by atoms with van der Waals surface area (Å²) >= 11 is 0. The molecule has 0 saturated carbocycles. The van der Waals surface area contributed by atoms with Crippen molar-refractivity contribution in [1.82, 2.24) is 24.5 Å². The molecule has 1 N–H and O–H groups in total. The van der Waals surface area contributed by atoms with Crippen LogP contribution in [0.4, 0.5) is 0 Å². The number of hydrogen-bond acceptors (Lipinski definition) is 4. The van der Waals surface area contributed by atoms with Gasteiger partial charge in [-0.25, -0.2) is 4.98 Å². The molecule has 0 radical (unpaired) electrons. The maximum atomic E-state index is 13.0. The second kappa shape index (κ2) is 8.52. The van der Waals surface area contributed by atoms with Crippen LogP contribution in [-0.4, -0.2) is 63.7 Å². The van der Waals surface area contributed by atoms with E-state index >= 15 is 0 Å². The predicted molar refractivity (Wildman–Crippen MR) is 105 cm³/mol. The Morgan fingerprint density at radius 2 is 2.22 bits per heavy atom. The molecule has 7 heteroatoms. The molecule has 0 aliphatic carbocycles. The van der Waals surface area contributed by atoms with E-state index in [1.807, 2.05) is 35.8 Å². The van der Waals surface area contributed by atoms with Gasteiger partial charge in [-0.3, -0.25) is 14.5 Å². The molecule has 1 atom stereocenters. The molecule has 3 rings (SSSR count). The fourth-order valence-corrected chi connectivity index (χ4v) is 3.42. The van der Waals surface area contributed by atoms with Crippen molar-refractivity contribution in [3.63, 3.8) is 0 Å². The highest BCUT2D eigenvalue weighted by Gasteiger charge is 2.26. The monoisotopic (exact) mass is 371 g/mol. The first kappa shape index (κ1) is 19.4. The van der Waals surface area contributed by atoms with Crippen LogP contribution in [0.5, 0.6) is 0 Å². The van der Waals surface area contributed by atoms with Crippen LogP contribution in [0.2, 0.25) is 0 Å². The second-order valence-electron chi connectivity index (χ2n) is 7.29. The molecule has 27 heavy (non-hydrogen) atoms. The number of amides is 2. The Bertz CT molecular complexity index is 816. The van der Waals surface area contributed by atoms with Crippen molar-refractivity contribution >= 4 is 17.5 Å². The zero-order valence-electron chi connectivity index (χ0n) is 16.4. The average Bonchev–Trinajstić information content (AvgIpc) is 2.96. The van der Waals surface area contributed by atoms with Crippen LogP contribution in [0.15, 0.2) is 24.4 Å². The molecule has 0 bridgehead atoms. The van der Waals surface area contributed by atoms with E-state index in [0.717, 1.165) is 30.7 Å². The Labute approximate surface area is 160 Å². The quantitative estimate of drug-likeness (QED) is 0.842. The zero-order chi connectivity index (χ0) is 19.4. The third-order valence-electron chi connectivity index (χ3n) is 5.22. The number of aromatic nitrogens is 2. The van der Waals surface area contributed by atoms with Gasteiger partial charge in [0.15, 0.2) is 5.69 Å². The fraction of sp³-hybridized carbons (Fsp3) is 0.550. The van der Waals surface area contributed by atoms with E-state index in [2.05, 4.69) is 29.0 Å². The second-order valence-corrected chi connectivity index (χ2v) is 7.29. The van der Waals surface area contributed by atoms with Gasteiger partial charge in [0.1, 0.15) is 5.65 Å². The lowest BCUT2D eigenvalue weighted by Gasteiger charge is -2.26. The van der Waals surface area contributed by atoms with E-state index in [4.69, 9.17) is 0 Å². The van der Waals surface area contributed by atoms with Crippen molar-refractivity contribution in [2.45, 2.75) is 45.7 Å². The Balaban J connectivity index is 1.93. The number of imidazole rings is 1. The number of nitrogens with zero attached hydrogens (tertiary/aromatic N) is 4. The Hall–Kier alpha value is -2.41. The summed E-state index contributed by atoms with van der Waals surface area (Å²) in [7, 11) is 1.84. The highest BCUT2D eigenvalue weighted by atomic mass is 16.2. The minimum atomic E-state index is -0.0428. The highest BCUT2D eigenvalue weighted by molar-refractivity contribution is 5.94. The third kappa shape index (κ3) is 4.30. The van der Waals surface area contributed by atoms with Gasteiger partial charge in [-0.2, -0.15) is 0 Å². The Morgan fingerprint density at radius 1 is 1.41 bits per heavy atom. The molecule has 3 heterocycles. The van der Waals surface area contributed by atoms with Crippen LogP contribution in [0, 0.1) is 0 Å². The van der Waals surface area contributed by atoms with Crippen LogP contribution in [0.25, 0.3) is 5.65 Å². The molecule has 2 aromatic heterocycles. The van der Waals surface area contributed by atoms with Gasteiger partial charge in [-0.15, -0.1) is 0 Å². The van der Waals surface area contributed by atoms with Crippen molar-refractivity contribution < 1.29 is 9.59 Å². The van der Waals surface area contributed by atoms with Crippen molar-refractivity contribution in [3.8, 4) is 0 Å². The summed E-state index contributed by atoms with van der Waals surface area (Å²) < 4.78 is 1.99. The van der Waals surface area contributed by atoms with E-state index in [-0.39, 0.29) is 17.9 Å². The number of unbranched alkanes of at least 4 members (excludes halogenated alkanes) is 1. The van der Waals surface area contributed by atoms with Crippen LogP contribution in [0.1, 0.15) is 49.3 Å². The number of carbonyl (C=O) groups is 2. The van der Waals surface area contributed by atoms with Gasteiger partial charge >= 0.3 is 0 Å². The van der Waals surface area contributed by atoms with Crippen LogP contribution in [-0.2, 0) is 11.3 Å². The summed E-state index contributed by atoms with van der Waals surface area (Å²) in [6.45, 7) is 6.82. The Kier molecular flexibility index (Phi) is 6.11. The summed E-state index contributed by atoms with van der Waals surface area (Å²) in [6.07, 6.45) is 4.44. The van der Waals surface area contributed by atoms with Gasteiger partial charge < -0.3 is 14.6 Å². The van der Waals surface area contributed by atoms with Gasteiger partial charge in [0.25, 0.3) is 5.91 Å². The van der Waals surface area contributed by atoms with Gasteiger partial charge in [-0.1, -0.05) is 19.4 Å². The minimum absolute atomic E-state index is 0.0428. The smallest absolute Gasteiger partial charge is 0.274 e. The van der Waals surface area contributed by atoms with Crippen molar-refractivity contribution in [2.24, 2.45) is 0 Å². The summed E-state index contributed by atoms with van der Waals surface area (Å²) in [6, 6.07) is 6.00. The Morgan fingerprint density at radius 3 is 3.00 bits per heavy atom. The van der Waals surface area contributed by atoms with E-state index < -0.39 is 0 Å². The maximum Gasteiger partial charge on any atom is 0.274 e. The lowest BCUT2D eigenvalue weighted by atomic mass is 10.2. The molecule has 7 nitrogen and oxygen atoms in total. The number of fused-ring (bicyclic) bond motifs is 1. The van der Waals surface area contributed by atoms with E-state index in [1.54, 1.807) is 4.90 Å². The van der Waals surface area contributed by atoms with E-state index in [1.165, 1.54) is 0 Å². The number of pyridine rings is 1. The molecule has 1 aliphatic heterocycles. The molecule has 1 aliphatic rings. The predicted octanol–water partition coefficient (Wildman–Crippen LogP) is 1.92. The number of hydrogen-bond donors (Lipinski definition) is 1. The van der Waals surface area contributed by atoms with Gasteiger partial charge in [0, 0.05) is 51.9 Å². The molecule has 0 unspecified atom stereocenters. The standard InChI is InChI=1S/C20H29N5O2/c1-4-5-10-23(3)20(27)19-16(25-11-7-6-8-17(25)22-19)14-24-12-9-18(26)21-13-15(24)2/h6-8,11,15H,4-5,9-10,12-14H2,1-3H3,(H,21,26)/t15-/m1/s1. The molecular weight excluding hydrogens is 342 g/mol. The first-order valence-electron chi connectivity index (χ1n) is 9.73. The van der Waals surface area contributed by atoms with Crippen molar-refractivity contribution in [3.05, 3.63) is 35.8 Å². The summed E-state index contributed by atoms with van der Waals surface area (Å²) in [5.74, 6) is 0.0388. The molecule has 0 aromatic carbocycles. The summed E-state index contributed by atoms with van der Waals surface area (Å²) in [4.78, 5) is 33.4. The normalized spacial score (nSPS) is 18.3. The highest BCUT2D eigenvalue weighted by Crippen LogP contribution is 2.19. The van der Waals surface area contributed by atoms with Gasteiger partial charge in [-0.05, 0) is 25.5 Å². The third-order valence-corrected chi connectivity index (χ3v) is 5.22. The largest absolute Gasteiger partial charge is 0.355 e. The topological polar surface area (TPSA) is 70.0 Å². The summed E-state index contributed by atoms with van der Waals surface area (Å²) in [5, 5.41) is 2.94. The first-order valence-corrected chi connectivity index (χ1v) is 9.73. The fourth-order valence-electron chi connectivity index (χ4n) is 3.42. The number of carbonyl (C=O) groups excluding carboxylic acids is 2. The minimum Gasteiger partial charge on any atom is -0.355 e. The van der Waals surface area contributed by atoms with Crippen molar-refractivity contribution in [1.29, 1.82) is 0 Å². The molecule has 2 aromatic rings.